The second kappa shape index (κ2) is 10.4. The van der Waals surface area contributed by atoms with Gasteiger partial charge in [-0.15, -0.1) is 0 Å². The Morgan fingerprint density at radius 3 is 2.37 bits per heavy atom. The van der Waals surface area contributed by atoms with Crippen LogP contribution in [0.5, 0.6) is 0 Å². The predicted molar refractivity (Wildman–Crippen MR) is 101 cm³/mol. The van der Waals surface area contributed by atoms with Crippen molar-refractivity contribution in [3.05, 3.63) is 71.5 Å². The van der Waals surface area contributed by atoms with Crippen LogP contribution in [0.15, 0.2) is 54.6 Å². The van der Waals surface area contributed by atoms with E-state index >= 15 is 0 Å². The summed E-state index contributed by atoms with van der Waals surface area (Å²) < 4.78 is 13.2. The molecular weight excluding hydrogens is 347 g/mol. The largest absolute Gasteiger partial charge is 0.396 e. The number of hydrogen-bond donors (Lipinski definition) is 2. The molecule has 2 aromatic rings. The zero-order valence-electron chi connectivity index (χ0n) is 15.4. The van der Waals surface area contributed by atoms with Crippen molar-refractivity contribution in [3.8, 4) is 0 Å². The van der Waals surface area contributed by atoms with Crippen LogP contribution in [-0.4, -0.2) is 41.0 Å². The number of aliphatic hydroxyl groups excluding tert-OH is 1. The Balaban J connectivity index is 2.14. The van der Waals surface area contributed by atoms with Gasteiger partial charge < -0.3 is 15.3 Å². The molecule has 27 heavy (non-hydrogen) atoms. The summed E-state index contributed by atoms with van der Waals surface area (Å²) in [6, 6.07) is 14.5. The molecule has 0 aliphatic carbocycles. The van der Waals surface area contributed by atoms with E-state index in [1.807, 2.05) is 30.3 Å². The zero-order valence-corrected chi connectivity index (χ0v) is 15.4. The number of nitrogens with one attached hydrogen (secondary N) is 1. The topological polar surface area (TPSA) is 69.6 Å². The summed E-state index contributed by atoms with van der Waals surface area (Å²) in [6.45, 7) is 2.21. The van der Waals surface area contributed by atoms with Crippen molar-refractivity contribution in [2.24, 2.45) is 0 Å². The van der Waals surface area contributed by atoms with E-state index in [9.17, 15) is 14.0 Å². The Kier molecular flexibility index (Phi) is 7.95. The van der Waals surface area contributed by atoms with Gasteiger partial charge in [-0.25, -0.2) is 4.39 Å². The van der Waals surface area contributed by atoms with Gasteiger partial charge in [-0.1, -0.05) is 42.5 Å². The Hall–Kier alpha value is -2.73. The van der Waals surface area contributed by atoms with Crippen LogP contribution in [-0.2, 0) is 22.6 Å². The van der Waals surface area contributed by atoms with Crippen LogP contribution >= 0.6 is 0 Å². The standard InChI is InChI=1S/C21H25FN2O3/c1-16(21(27)23-12-5-13-25)24(15-18-8-10-19(22)11-9-18)20(26)14-17-6-3-2-4-7-17/h2-4,6-11,16,25H,5,12-15H2,1H3,(H,23,27)/t16-/m1/s1. The molecule has 2 amide bonds. The lowest BCUT2D eigenvalue weighted by molar-refractivity contribution is -0.140. The van der Waals surface area contributed by atoms with Gasteiger partial charge in [0.1, 0.15) is 11.9 Å². The van der Waals surface area contributed by atoms with Crippen molar-refractivity contribution in [2.45, 2.75) is 32.4 Å². The highest BCUT2D eigenvalue weighted by molar-refractivity contribution is 5.88. The van der Waals surface area contributed by atoms with Gasteiger partial charge in [0.2, 0.25) is 11.8 Å². The fourth-order valence-corrected chi connectivity index (χ4v) is 2.68. The lowest BCUT2D eigenvalue weighted by Gasteiger charge is -2.29. The Labute approximate surface area is 158 Å². The molecule has 0 saturated heterocycles. The summed E-state index contributed by atoms with van der Waals surface area (Å²) in [4.78, 5) is 26.8. The number of aliphatic hydroxyl groups is 1. The summed E-state index contributed by atoms with van der Waals surface area (Å²) in [6.07, 6.45) is 0.630. The van der Waals surface area contributed by atoms with Crippen molar-refractivity contribution in [3.63, 3.8) is 0 Å². The SMILES string of the molecule is C[C@H](C(=O)NCCCO)N(Cc1ccc(F)cc1)C(=O)Cc1ccccc1. The number of nitrogens with zero attached hydrogens (tertiary/aromatic N) is 1. The van der Waals surface area contributed by atoms with Gasteiger partial charge >= 0.3 is 0 Å². The fraction of sp³-hybridized carbons (Fsp3) is 0.333. The van der Waals surface area contributed by atoms with Crippen LogP contribution in [0.3, 0.4) is 0 Å². The van der Waals surface area contributed by atoms with Gasteiger partial charge in [0.05, 0.1) is 6.42 Å². The lowest BCUT2D eigenvalue weighted by Crippen LogP contribution is -2.48. The molecule has 0 radical (unpaired) electrons. The van der Waals surface area contributed by atoms with Crippen molar-refractivity contribution in [2.75, 3.05) is 13.2 Å². The van der Waals surface area contributed by atoms with E-state index in [0.717, 1.165) is 11.1 Å². The average Bonchev–Trinajstić information content (AvgIpc) is 2.67. The van der Waals surface area contributed by atoms with E-state index in [1.165, 1.54) is 17.0 Å². The van der Waals surface area contributed by atoms with E-state index in [0.29, 0.717) is 13.0 Å². The maximum absolute atomic E-state index is 13.2. The van der Waals surface area contributed by atoms with Crippen LogP contribution in [0, 0.1) is 5.82 Å². The Morgan fingerprint density at radius 1 is 1.07 bits per heavy atom. The molecule has 0 bridgehead atoms. The molecule has 6 heteroatoms. The molecule has 144 valence electrons. The normalized spacial score (nSPS) is 11.7. The predicted octanol–water partition coefficient (Wildman–Crippen LogP) is 2.28. The molecule has 5 nitrogen and oxygen atoms in total. The number of halogens is 1. The third kappa shape index (κ3) is 6.49. The zero-order chi connectivity index (χ0) is 19.6. The minimum absolute atomic E-state index is 0.0130. The van der Waals surface area contributed by atoms with Crippen LogP contribution in [0.2, 0.25) is 0 Å². The number of amides is 2. The highest BCUT2D eigenvalue weighted by atomic mass is 19.1. The Morgan fingerprint density at radius 2 is 1.74 bits per heavy atom. The highest BCUT2D eigenvalue weighted by Crippen LogP contribution is 2.13. The second-order valence-corrected chi connectivity index (χ2v) is 6.35. The lowest BCUT2D eigenvalue weighted by atomic mass is 10.1. The highest BCUT2D eigenvalue weighted by Gasteiger charge is 2.26. The number of carbonyl (C=O) groups excluding carboxylic acids is 2. The summed E-state index contributed by atoms with van der Waals surface area (Å²) in [5, 5.41) is 11.6. The molecule has 2 rings (SSSR count). The van der Waals surface area contributed by atoms with E-state index in [-0.39, 0.29) is 37.2 Å². The third-order valence-electron chi connectivity index (χ3n) is 4.27. The number of benzene rings is 2. The Bertz CT molecular complexity index is 735. The van der Waals surface area contributed by atoms with Crippen molar-refractivity contribution in [1.29, 1.82) is 0 Å². The van der Waals surface area contributed by atoms with E-state index in [4.69, 9.17) is 5.11 Å². The molecule has 0 saturated carbocycles. The molecule has 0 aromatic heterocycles. The molecule has 0 spiro atoms. The number of hydrogen-bond acceptors (Lipinski definition) is 3. The first-order chi connectivity index (χ1) is 13.0. The molecule has 2 aromatic carbocycles. The molecule has 0 aliphatic heterocycles. The quantitative estimate of drug-likeness (QED) is 0.664. The van der Waals surface area contributed by atoms with Crippen LogP contribution < -0.4 is 5.32 Å². The van der Waals surface area contributed by atoms with Crippen molar-refractivity contribution in [1.82, 2.24) is 10.2 Å². The van der Waals surface area contributed by atoms with Gasteiger partial charge in [-0.2, -0.15) is 0 Å². The average molecular weight is 372 g/mol. The fourth-order valence-electron chi connectivity index (χ4n) is 2.68. The van der Waals surface area contributed by atoms with E-state index in [2.05, 4.69) is 5.32 Å². The van der Waals surface area contributed by atoms with E-state index in [1.54, 1.807) is 19.1 Å². The summed E-state index contributed by atoms with van der Waals surface area (Å²) in [7, 11) is 0. The second-order valence-electron chi connectivity index (χ2n) is 6.35. The maximum atomic E-state index is 13.2. The molecule has 2 N–H and O–H groups in total. The summed E-state index contributed by atoms with van der Waals surface area (Å²) in [5.41, 5.74) is 1.60. The monoisotopic (exact) mass is 372 g/mol. The summed E-state index contributed by atoms with van der Waals surface area (Å²) in [5.74, 6) is -0.821. The van der Waals surface area contributed by atoms with Gasteiger partial charge in [0.25, 0.3) is 0 Å². The summed E-state index contributed by atoms with van der Waals surface area (Å²) >= 11 is 0. The minimum atomic E-state index is -0.690. The molecule has 0 aliphatic rings. The molecule has 0 heterocycles. The smallest absolute Gasteiger partial charge is 0.242 e. The first-order valence-electron chi connectivity index (χ1n) is 8.97. The van der Waals surface area contributed by atoms with Gasteiger partial charge in [0.15, 0.2) is 0 Å². The molecule has 1 atom stereocenters. The van der Waals surface area contributed by atoms with Crippen molar-refractivity contribution < 1.29 is 19.1 Å². The van der Waals surface area contributed by atoms with Crippen LogP contribution in [0.4, 0.5) is 4.39 Å². The van der Waals surface area contributed by atoms with Gasteiger partial charge in [0, 0.05) is 19.7 Å². The molecular formula is C21H25FN2O3. The van der Waals surface area contributed by atoms with Crippen molar-refractivity contribution >= 4 is 11.8 Å². The maximum Gasteiger partial charge on any atom is 0.242 e. The van der Waals surface area contributed by atoms with Crippen LogP contribution in [0.1, 0.15) is 24.5 Å². The van der Waals surface area contributed by atoms with Gasteiger partial charge in [-0.05, 0) is 36.6 Å². The molecule has 0 unspecified atom stereocenters. The first-order valence-corrected chi connectivity index (χ1v) is 8.97. The van der Waals surface area contributed by atoms with Crippen LogP contribution in [0.25, 0.3) is 0 Å². The van der Waals surface area contributed by atoms with Gasteiger partial charge in [-0.3, -0.25) is 9.59 Å². The first kappa shape index (κ1) is 20.6. The minimum Gasteiger partial charge on any atom is -0.396 e. The number of rotatable bonds is 9. The van der Waals surface area contributed by atoms with E-state index < -0.39 is 6.04 Å². The number of carbonyl (C=O) groups is 2. The third-order valence-corrected chi connectivity index (χ3v) is 4.27. The molecule has 0 fully saturated rings.